The summed E-state index contributed by atoms with van der Waals surface area (Å²) in [4.78, 5) is 2.35. The first kappa shape index (κ1) is 13.4. The fraction of sp³-hybridized carbons (Fsp3) is 0.786. The van der Waals surface area contributed by atoms with Crippen LogP contribution in [-0.4, -0.2) is 28.9 Å². The third-order valence-electron chi connectivity index (χ3n) is 4.04. The van der Waals surface area contributed by atoms with Crippen LogP contribution in [0.4, 0.5) is 5.82 Å². The minimum atomic E-state index is 0.541. The molecule has 0 saturated heterocycles. The molecule has 0 radical (unpaired) electrons. The smallest absolute Gasteiger partial charge is 0.131 e. The third kappa shape index (κ3) is 2.69. The average molecular weight is 250 g/mol. The fourth-order valence-corrected chi connectivity index (χ4v) is 2.35. The van der Waals surface area contributed by atoms with Gasteiger partial charge in [-0.05, 0) is 33.1 Å². The van der Waals surface area contributed by atoms with E-state index < -0.39 is 0 Å². The van der Waals surface area contributed by atoms with Gasteiger partial charge in [0.1, 0.15) is 5.82 Å². The van der Waals surface area contributed by atoms with Gasteiger partial charge in [-0.3, -0.25) is 4.68 Å². The van der Waals surface area contributed by atoms with Crippen molar-refractivity contribution >= 4 is 5.82 Å². The number of nitrogens with zero attached hydrogens (tertiary/aromatic N) is 3. The van der Waals surface area contributed by atoms with Crippen LogP contribution in [0, 0.1) is 6.92 Å². The maximum Gasteiger partial charge on any atom is 0.131 e. The van der Waals surface area contributed by atoms with Crippen molar-refractivity contribution in [2.75, 3.05) is 11.9 Å². The van der Waals surface area contributed by atoms with Crippen LogP contribution in [0.5, 0.6) is 0 Å². The molecular formula is C14H26N4. The molecule has 0 bridgehead atoms. The molecule has 0 amide bonds. The Kier molecular flexibility index (Phi) is 3.95. The van der Waals surface area contributed by atoms with E-state index in [1.165, 1.54) is 24.2 Å². The van der Waals surface area contributed by atoms with Crippen molar-refractivity contribution < 1.29 is 0 Å². The van der Waals surface area contributed by atoms with E-state index >= 15 is 0 Å². The molecule has 18 heavy (non-hydrogen) atoms. The molecule has 102 valence electrons. The molecule has 1 aromatic heterocycles. The van der Waals surface area contributed by atoms with Gasteiger partial charge < -0.3 is 10.2 Å². The van der Waals surface area contributed by atoms with Crippen molar-refractivity contribution in [3.63, 3.8) is 0 Å². The van der Waals surface area contributed by atoms with Gasteiger partial charge >= 0.3 is 0 Å². The van der Waals surface area contributed by atoms with E-state index in [2.05, 4.69) is 43.1 Å². The van der Waals surface area contributed by atoms with Crippen molar-refractivity contribution in [3.05, 3.63) is 11.3 Å². The van der Waals surface area contributed by atoms with Crippen LogP contribution in [0.15, 0.2) is 0 Å². The van der Waals surface area contributed by atoms with Crippen LogP contribution in [0.25, 0.3) is 0 Å². The van der Waals surface area contributed by atoms with Gasteiger partial charge in [-0.2, -0.15) is 5.10 Å². The molecule has 1 N–H and O–H groups in total. The number of anilines is 1. The number of hydrogen-bond donors (Lipinski definition) is 1. The Morgan fingerprint density at radius 2 is 2.17 bits per heavy atom. The fourth-order valence-electron chi connectivity index (χ4n) is 2.35. The van der Waals surface area contributed by atoms with E-state index in [0.717, 1.165) is 24.7 Å². The summed E-state index contributed by atoms with van der Waals surface area (Å²) in [6, 6.07) is 1.28. The Hall–Kier alpha value is -1.03. The molecule has 1 fully saturated rings. The zero-order valence-corrected chi connectivity index (χ0v) is 12.3. The summed E-state index contributed by atoms with van der Waals surface area (Å²) in [7, 11) is 4.22. The lowest BCUT2D eigenvalue weighted by molar-refractivity contribution is 0.622. The molecular weight excluding hydrogens is 224 g/mol. The quantitative estimate of drug-likeness (QED) is 0.840. The van der Waals surface area contributed by atoms with Gasteiger partial charge in [0.15, 0.2) is 0 Å². The highest BCUT2D eigenvalue weighted by Gasteiger charge is 2.24. The van der Waals surface area contributed by atoms with Gasteiger partial charge in [0.05, 0.1) is 5.69 Å². The number of aryl methyl sites for hydroxylation is 2. The summed E-state index contributed by atoms with van der Waals surface area (Å²) < 4.78 is 2.02. The van der Waals surface area contributed by atoms with Crippen LogP contribution in [0.2, 0.25) is 0 Å². The Bertz CT molecular complexity index is 406. The molecule has 0 spiro atoms. The van der Waals surface area contributed by atoms with E-state index in [9.17, 15) is 0 Å². The summed E-state index contributed by atoms with van der Waals surface area (Å²) in [5.41, 5.74) is 2.50. The lowest BCUT2D eigenvalue weighted by Gasteiger charge is -2.27. The molecule has 1 aliphatic carbocycles. The SMILES string of the molecule is CCC(C)N(C)c1c(CNC2CC2)c(C)nn1C. The molecule has 1 atom stereocenters. The summed E-state index contributed by atoms with van der Waals surface area (Å²) in [5.74, 6) is 1.26. The topological polar surface area (TPSA) is 33.1 Å². The highest BCUT2D eigenvalue weighted by Crippen LogP contribution is 2.26. The van der Waals surface area contributed by atoms with Gasteiger partial charge in [0.25, 0.3) is 0 Å². The minimum absolute atomic E-state index is 0.541. The normalized spacial score (nSPS) is 16.9. The molecule has 1 aromatic rings. The van der Waals surface area contributed by atoms with Gasteiger partial charge in [0, 0.05) is 38.3 Å². The van der Waals surface area contributed by atoms with Crippen molar-refractivity contribution in [1.29, 1.82) is 0 Å². The van der Waals surface area contributed by atoms with E-state index in [0.29, 0.717) is 6.04 Å². The minimum Gasteiger partial charge on any atom is -0.357 e. The van der Waals surface area contributed by atoms with E-state index in [-0.39, 0.29) is 0 Å². The molecule has 0 aromatic carbocycles. The van der Waals surface area contributed by atoms with Gasteiger partial charge in [-0.15, -0.1) is 0 Å². The summed E-state index contributed by atoms with van der Waals surface area (Å²) in [6.07, 6.45) is 3.81. The summed E-state index contributed by atoms with van der Waals surface area (Å²) in [6.45, 7) is 7.55. The zero-order chi connectivity index (χ0) is 13.3. The second kappa shape index (κ2) is 5.31. The Labute approximate surface area is 110 Å². The number of aromatic nitrogens is 2. The third-order valence-corrected chi connectivity index (χ3v) is 4.04. The zero-order valence-electron chi connectivity index (χ0n) is 12.3. The predicted molar refractivity (Wildman–Crippen MR) is 76.0 cm³/mol. The van der Waals surface area contributed by atoms with Crippen molar-refractivity contribution in [2.24, 2.45) is 7.05 Å². The Morgan fingerprint density at radius 1 is 1.50 bits per heavy atom. The molecule has 2 rings (SSSR count). The highest BCUT2D eigenvalue weighted by molar-refractivity contribution is 5.50. The van der Waals surface area contributed by atoms with Gasteiger partial charge in [-0.25, -0.2) is 0 Å². The molecule has 0 aliphatic heterocycles. The second-order valence-electron chi connectivity index (χ2n) is 5.53. The number of rotatable bonds is 6. The molecule has 4 heteroatoms. The summed E-state index contributed by atoms with van der Waals surface area (Å²) >= 11 is 0. The molecule has 1 aliphatic rings. The molecule has 1 saturated carbocycles. The van der Waals surface area contributed by atoms with Crippen LogP contribution < -0.4 is 10.2 Å². The first-order valence-corrected chi connectivity index (χ1v) is 7.03. The van der Waals surface area contributed by atoms with Crippen molar-refractivity contribution in [1.82, 2.24) is 15.1 Å². The first-order valence-electron chi connectivity index (χ1n) is 7.03. The first-order chi connectivity index (χ1) is 8.54. The Morgan fingerprint density at radius 3 is 2.72 bits per heavy atom. The highest BCUT2D eigenvalue weighted by atomic mass is 15.4. The predicted octanol–water partition coefficient (Wildman–Crippen LogP) is 2.22. The van der Waals surface area contributed by atoms with Crippen molar-refractivity contribution in [3.8, 4) is 0 Å². The summed E-state index contributed by atoms with van der Waals surface area (Å²) in [5, 5.41) is 8.18. The van der Waals surface area contributed by atoms with Crippen molar-refractivity contribution in [2.45, 2.75) is 58.7 Å². The van der Waals surface area contributed by atoms with E-state index in [1.807, 2.05) is 11.7 Å². The lowest BCUT2D eigenvalue weighted by Crippen LogP contribution is -2.31. The van der Waals surface area contributed by atoms with Gasteiger partial charge in [0.2, 0.25) is 0 Å². The van der Waals surface area contributed by atoms with E-state index in [4.69, 9.17) is 0 Å². The monoisotopic (exact) mass is 250 g/mol. The number of hydrogen-bond acceptors (Lipinski definition) is 3. The average Bonchev–Trinajstić information content (AvgIpc) is 3.11. The largest absolute Gasteiger partial charge is 0.357 e. The van der Waals surface area contributed by atoms with Crippen LogP contribution >= 0.6 is 0 Å². The van der Waals surface area contributed by atoms with Crippen LogP contribution in [0.1, 0.15) is 44.4 Å². The van der Waals surface area contributed by atoms with Crippen LogP contribution in [0.3, 0.4) is 0 Å². The molecule has 1 unspecified atom stereocenters. The standard InChI is InChI=1S/C14H26N4/c1-6-10(2)17(4)14-13(9-15-12-7-8-12)11(3)16-18(14)5/h10,12,15H,6-9H2,1-5H3. The Balaban J connectivity index is 2.20. The van der Waals surface area contributed by atoms with Gasteiger partial charge in [-0.1, -0.05) is 6.92 Å². The number of nitrogens with one attached hydrogen (secondary N) is 1. The van der Waals surface area contributed by atoms with Crippen LogP contribution in [-0.2, 0) is 13.6 Å². The maximum absolute atomic E-state index is 4.58. The molecule has 1 heterocycles. The maximum atomic E-state index is 4.58. The molecule has 4 nitrogen and oxygen atoms in total. The van der Waals surface area contributed by atoms with E-state index in [1.54, 1.807) is 0 Å². The second-order valence-corrected chi connectivity index (χ2v) is 5.53. The lowest BCUT2D eigenvalue weighted by atomic mass is 10.2.